The minimum atomic E-state index is 0.347. The van der Waals surface area contributed by atoms with Crippen LogP contribution < -0.4 is 15.5 Å². The number of hydrogen-bond acceptors (Lipinski definition) is 4. The van der Waals surface area contributed by atoms with Gasteiger partial charge in [0.15, 0.2) is 5.96 Å². The van der Waals surface area contributed by atoms with Crippen LogP contribution in [0.1, 0.15) is 38.2 Å². The third-order valence-electron chi connectivity index (χ3n) is 4.50. The highest BCUT2D eigenvalue weighted by atomic mass is 32.2. The average Bonchev–Trinajstić information content (AvgIpc) is 2.68. The molecule has 0 bridgehead atoms. The summed E-state index contributed by atoms with van der Waals surface area (Å²) in [5, 5.41) is 16.3. The Labute approximate surface area is 162 Å². The van der Waals surface area contributed by atoms with Gasteiger partial charge in [-0.15, -0.1) is 0 Å². The maximum atomic E-state index is 9.37. The van der Waals surface area contributed by atoms with E-state index < -0.39 is 0 Å². The van der Waals surface area contributed by atoms with E-state index in [4.69, 9.17) is 4.99 Å². The smallest absolute Gasteiger partial charge is 0.191 e. The van der Waals surface area contributed by atoms with Gasteiger partial charge in [-0.3, -0.25) is 4.99 Å². The van der Waals surface area contributed by atoms with Gasteiger partial charge in [0.05, 0.1) is 11.3 Å². The normalized spacial score (nSPS) is 17.7. The van der Waals surface area contributed by atoms with Crippen LogP contribution in [-0.4, -0.2) is 50.2 Å². The van der Waals surface area contributed by atoms with Crippen LogP contribution in [0.25, 0.3) is 0 Å². The Morgan fingerprint density at radius 2 is 2.23 bits per heavy atom. The van der Waals surface area contributed by atoms with E-state index >= 15 is 0 Å². The number of hydrogen-bond donors (Lipinski definition) is 2. The minimum Gasteiger partial charge on any atom is -0.368 e. The molecule has 1 aliphatic rings. The lowest BCUT2D eigenvalue weighted by atomic mass is 10.0. The summed E-state index contributed by atoms with van der Waals surface area (Å²) in [6.07, 6.45) is 6.73. The number of para-hydroxylation sites is 1. The molecule has 2 rings (SSSR count). The van der Waals surface area contributed by atoms with Crippen molar-refractivity contribution in [2.45, 2.75) is 38.6 Å². The van der Waals surface area contributed by atoms with Crippen molar-refractivity contribution in [2.75, 3.05) is 43.1 Å². The second kappa shape index (κ2) is 11.7. The SMILES string of the molecule is CCNC(=NCCCCSC)NC1CCCN(c2ccccc2C#N)C1. The molecule has 5 nitrogen and oxygen atoms in total. The first-order valence-electron chi connectivity index (χ1n) is 9.56. The number of nitriles is 1. The zero-order chi connectivity index (χ0) is 18.6. The van der Waals surface area contributed by atoms with Crippen LogP contribution in [0.4, 0.5) is 5.69 Å². The molecule has 142 valence electrons. The van der Waals surface area contributed by atoms with Gasteiger partial charge in [0.1, 0.15) is 6.07 Å². The van der Waals surface area contributed by atoms with Crippen molar-refractivity contribution in [3.8, 4) is 6.07 Å². The predicted octanol–water partition coefficient (Wildman–Crippen LogP) is 3.23. The summed E-state index contributed by atoms with van der Waals surface area (Å²) in [6.45, 7) is 5.73. The van der Waals surface area contributed by atoms with E-state index in [2.05, 4.69) is 34.8 Å². The topological polar surface area (TPSA) is 63.5 Å². The Balaban J connectivity index is 1.94. The first-order chi connectivity index (χ1) is 12.8. The number of rotatable bonds is 8. The van der Waals surface area contributed by atoms with Crippen molar-refractivity contribution in [2.24, 2.45) is 4.99 Å². The molecule has 0 aromatic heterocycles. The van der Waals surface area contributed by atoms with Crippen molar-refractivity contribution in [3.63, 3.8) is 0 Å². The molecular weight excluding hydrogens is 342 g/mol. The fourth-order valence-corrected chi connectivity index (χ4v) is 3.71. The van der Waals surface area contributed by atoms with Crippen LogP contribution in [0.5, 0.6) is 0 Å². The molecule has 1 unspecified atom stereocenters. The molecule has 2 N–H and O–H groups in total. The number of aliphatic imine (C=N–C) groups is 1. The van der Waals surface area contributed by atoms with Crippen molar-refractivity contribution >= 4 is 23.4 Å². The highest BCUT2D eigenvalue weighted by Gasteiger charge is 2.22. The Morgan fingerprint density at radius 1 is 1.38 bits per heavy atom. The number of piperidine rings is 1. The van der Waals surface area contributed by atoms with E-state index in [1.165, 1.54) is 12.2 Å². The molecule has 1 saturated heterocycles. The standard InChI is InChI=1S/C20H31N5S/c1-3-22-20(23-12-6-7-14-26-2)24-18-10-8-13-25(16-18)19-11-5-4-9-17(19)15-21/h4-5,9,11,18H,3,6-8,10,12-14,16H2,1-2H3,(H2,22,23,24). The van der Waals surface area contributed by atoms with Gasteiger partial charge in [-0.2, -0.15) is 17.0 Å². The van der Waals surface area contributed by atoms with Crippen molar-refractivity contribution in [1.82, 2.24) is 10.6 Å². The zero-order valence-electron chi connectivity index (χ0n) is 16.0. The van der Waals surface area contributed by atoms with Crippen LogP contribution in [0.2, 0.25) is 0 Å². The molecule has 1 heterocycles. The summed E-state index contributed by atoms with van der Waals surface area (Å²) in [4.78, 5) is 7.05. The lowest BCUT2D eigenvalue weighted by Gasteiger charge is -2.35. The zero-order valence-corrected chi connectivity index (χ0v) is 16.8. The summed E-state index contributed by atoms with van der Waals surface area (Å²) >= 11 is 1.89. The third-order valence-corrected chi connectivity index (χ3v) is 5.20. The summed E-state index contributed by atoms with van der Waals surface area (Å²) in [5.74, 6) is 2.12. The second-order valence-corrected chi connectivity index (χ2v) is 7.50. The monoisotopic (exact) mass is 373 g/mol. The van der Waals surface area contributed by atoms with Crippen molar-refractivity contribution in [1.29, 1.82) is 5.26 Å². The average molecular weight is 374 g/mol. The van der Waals surface area contributed by atoms with Crippen molar-refractivity contribution in [3.05, 3.63) is 29.8 Å². The van der Waals surface area contributed by atoms with Gasteiger partial charge in [0.25, 0.3) is 0 Å². The third kappa shape index (κ3) is 6.45. The number of nitrogens with one attached hydrogen (secondary N) is 2. The number of guanidine groups is 1. The number of thioether (sulfide) groups is 1. The van der Waals surface area contributed by atoms with E-state index in [1.807, 2.05) is 36.0 Å². The van der Waals surface area contributed by atoms with Crippen LogP contribution in [-0.2, 0) is 0 Å². The molecule has 0 radical (unpaired) electrons. The van der Waals surface area contributed by atoms with Crippen LogP contribution >= 0.6 is 11.8 Å². The van der Waals surface area contributed by atoms with Crippen LogP contribution in [0.15, 0.2) is 29.3 Å². The highest BCUT2D eigenvalue weighted by Crippen LogP contribution is 2.23. The fraction of sp³-hybridized carbons (Fsp3) is 0.600. The van der Waals surface area contributed by atoms with E-state index in [0.717, 1.165) is 62.7 Å². The molecule has 1 atom stereocenters. The summed E-state index contributed by atoms with van der Waals surface area (Å²) in [6, 6.07) is 10.5. The van der Waals surface area contributed by atoms with E-state index in [-0.39, 0.29) is 0 Å². The van der Waals surface area contributed by atoms with Crippen LogP contribution in [0.3, 0.4) is 0 Å². The molecule has 26 heavy (non-hydrogen) atoms. The summed E-state index contributed by atoms with van der Waals surface area (Å²) in [5.41, 5.74) is 1.79. The van der Waals surface area contributed by atoms with Crippen molar-refractivity contribution < 1.29 is 0 Å². The molecule has 1 aromatic carbocycles. The predicted molar refractivity (Wildman–Crippen MR) is 113 cm³/mol. The number of anilines is 1. The number of unbranched alkanes of at least 4 members (excludes halogenated alkanes) is 1. The van der Waals surface area contributed by atoms with E-state index in [0.29, 0.717) is 6.04 Å². The number of nitrogens with zero attached hydrogens (tertiary/aromatic N) is 3. The van der Waals surface area contributed by atoms with Crippen LogP contribution in [0, 0.1) is 11.3 Å². The molecule has 1 aliphatic heterocycles. The van der Waals surface area contributed by atoms with Gasteiger partial charge >= 0.3 is 0 Å². The fourth-order valence-electron chi connectivity index (χ4n) is 3.22. The number of benzene rings is 1. The molecule has 1 fully saturated rings. The molecule has 0 spiro atoms. The largest absolute Gasteiger partial charge is 0.368 e. The second-order valence-electron chi connectivity index (χ2n) is 6.52. The quantitative estimate of drug-likeness (QED) is 0.416. The molecular formula is C20H31N5S. The minimum absolute atomic E-state index is 0.347. The maximum absolute atomic E-state index is 9.37. The van der Waals surface area contributed by atoms with Gasteiger partial charge in [-0.1, -0.05) is 12.1 Å². The molecule has 0 amide bonds. The van der Waals surface area contributed by atoms with Gasteiger partial charge in [0.2, 0.25) is 0 Å². The first kappa shape index (κ1) is 20.4. The van der Waals surface area contributed by atoms with Gasteiger partial charge < -0.3 is 15.5 Å². The molecule has 0 aliphatic carbocycles. The van der Waals surface area contributed by atoms with Gasteiger partial charge in [-0.25, -0.2) is 0 Å². The maximum Gasteiger partial charge on any atom is 0.191 e. The van der Waals surface area contributed by atoms with Gasteiger partial charge in [-0.05, 0) is 56.7 Å². The molecule has 1 aromatic rings. The Hall–Kier alpha value is -1.87. The Morgan fingerprint density at radius 3 is 3.00 bits per heavy atom. The molecule has 6 heteroatoms. The van der Waals surface area contributed by atoms with E-state index in [9.17, 15) is 5.26 Å². The lowest BCUT2D eigenvalue weighted by molar-refractivity contribution is 0.468. The summed E-state index contributed by atoms with van der Waals surface area (Å²) in [7, 11) is 0. The highest BCUT2D eigenvalue weighted by molar-refractivity contribution is 7.98. The lowest BCUT2D eigenvalue weighted by Crippen LogP contribution is -2.51. The molecule has 0 saturated carbocycles. The first-order valence-corrected chi connectivity index (χ1v) is 11.0. The Bertz CT molecular complexity index is 610. The Kier molecular flexibility index (Phi) is 9.19. The van der Waals surface area contributed by atoms with Gasteiger partial charge in [0, 0.05) is 32.2 Å². The van der Waals surface area contributed by atoms with E-state index in [1.54, 1.807) is 0 Å². The summed E-state index contributed by atoms with van der Waals surface area (Å²) < 4.78 is 0.